The van der Waals surface area contributed by atoms with E-state index in [1.165, 1.54) is 6.20 Å². The maximum Gasteiger partial charge on any atom is 0.254 e. The lowest BCUT2D eigenvalue weighted by Crippen LogP contribution is -2.47. The molecule has 1 aliphatic carbocycles. The number of hydrogen-bond acceptors (Lipinski definition) is 3. The van der Waals surface area contributed by atoms with Crippen LogP contribution in [-0.2, 0) is 0 Å². The molecule has 1 amide bonds. The second-order valence-corrected chi connectivity index (χ2v) is 6.23. The molecule has 2 aromatic rings. The van der Waals surface area contributed by atoms with E-state index < -0.39 is 5.60 Å². The van der Waals surface area contributed by atoms with Crippen LogP contribution in [-0.4, -0.2) is 32.9 Å². The summed E-state index contributed by atoms with van der Waals surface area (Å²) in [6.07, 6.45) is 4.04. The summed E-state index contributed by atoms with van der Waals surface area (Å²) in [4.78, 5) is 12.3. The first-order valence-electron chi connectivity index (χ1n) is 7.30. The van der Waals surface area contributed by atoms with Crippen LogP contribution < -0.4 is 5.32 Å². The van der Waals surface area contributed by atoms with E-state index in [9.17, 15) is 9.90 Å². The summed E-state index contributed by atoms with van der Waals surface area (Å²) in [6, 6.07) is 7.30. The molecular weight excluding hydrogens is 302 g/mol. The summed E-state index contributed by atoms with van der Waals surface area (Å²) in [5, 5.41) is 17.7. The van der Waals surface area contributed by atoms with Crippen molar-refractivity contribution in [2.24, 2.45) is 0 Å². The van der Waals surface area contributed by atoms with Crippen LogP contribution >= 0.6 is 11.6 Å². The molecule has 3 rings (SSSR count). The summed E-state index contributed by atoms with van der Waals surface area (Å²) in [5.74, 6) is -0.217. The van der Waals surface area contributed by atoms with Crippen LogP contribution in [0.4, 0.5) is 0 Å². The molecule has 5 nitrogen and oxygen atoms in total. The van der Waals surface area contributed by atoms with Crippen LogP contribution in [0.15, 0.2) is 30.5 Å². The zero-order valence-corrected chi connectivity index (χ0v) is 13.1. The molecule has 0 saturated heterocycles. The predicted molar refractivity (Wildman–Crippen MR) is 84.4 cm³/mol. The minimum absolute atomic E-state index is 0.217. The van der Waals surface area contributed by atoms with Crippen LogP contribution in [0, 0.1) is 6.92 Å². The zero-order valence-electron chi connectivity index (χ0n) is 12.3. The van der Waals surface area contributed by atoms with Crippen LogP contribution in [0.25, 0.3) is 5.69 Å². The summed E-state index contributed by atoms with van der Waals surface area (Å²) < 4.78 is 1.68. The van der Waals surface area contributed by atoms with E-state index in [1.54, 1.807) is 16.8 Å². The van der Waals surface area contributed by atoms with Gasteiger partial charge in [0, 0.05) is 11.6 Å². The van der Waals surface area contributed by atoms with Gasteiger partial charge in [-0.2, -0.15) is 5.10 Å². The van der Waals surface area contributed by atoms with Crippen LogP contribution in [0.5, 0.6) is 0 Å². The van der Waals surface area contributed by atoms with Crippen molar-refractivity contribution < 1.29 is 9.90 Å². The van der Waals surface area contributed by atoms with Crippen LogP contribution in [0.3, 0.4) is 0 Å². The van der Waals surface area contributed by atoms with E-state index in [4.69, 9.17) is 11.6 Å². The molecule has 1 saturated carbocycles. The third kappa shape index (κ3) is 2.87. The van der Waals surface area contributed by atoms with E-state index in [1.807, 2.05) is 19.1 Å². The van der Waals surface area contributed by atoms with Crippen molar-refractivity contribution >= 4 is 17.5 Å². The fourth-order valence-electron chi connectivity index (χ4n) is 2.60. The fourth-order valence-corrected chi connectivity index (χ4v) is 2.79. The summed E-state index contributed by atoms with van der Waals surface area (Å²) >= 11 is 5.99. The number of benzene rings is 1. The lowest BCUT2D eigenvalue weighted by atomic mass is 9.80. The second-order valence-electron chi connectivity index (χ2n) is 5.80. The number of carbonyl (C=O) groups is 1. The Hall–Kier alpha value is -1.85. The fraction of sp³-hybridized carbons (Fsp3) is 0.375. The monoisotopic (exact) mass is 319 g/mol. The van der Waals surface area contributed by atoms with Crippen molar-refractivity contribution in [1.29, 1.82) is 0 Å². The van der Waals surface area contributed by atoms with E-state index in [0.717, 1.165) is 30.6 Å². The highest BCUT2D eigenvalue weighted by Gasteiger charge is 2.34. The molecule has 1 aromatic carbocycles. The summed E-state index contributed by atoms with van der Waals surface area (Å²) in [6.45, 7) is 2.12. The molecule has 116 valence electrons. The highest BCUT2D eigenvalue weighted by atomic mass is 35.5. The smallest absolute Gasteiger partial charge is 0.254 e. The third-order valence-corrected chi connectivity index (χ3v) is 4.40. The van der Waals surface area contributed by atoms with Crippen molar-refractivity contribution in [3.8, 4) is 5.69 Å². The van der Waals surface area contributed by atoms with E-state index in [0.29, 0.717) is 10.6 Å². The lowest BCUT2D eigenvalue weighted by molar-refractivity contribution is -0.0300. The van der Waals surface area contributed by atoms with Crippen molar-refractivity contribution in [2.75, 3.05) is 6.54 Å². The van der Waals surface area contributed by atoms with Gasteiger partial charge in [-0.05, 0) is 44.4 Å². The number of nitrogens with one attached hydrogen (secondary N) is 1. The van der Waals surface area contributed by atoms with E-state index >= 15 is 0 Å². The minimum Gasteiger partial charge on any atom is -0.388 e. The average molecular weight is 320 g/mol. The first-order chi connectivity index (χ1) is 10.5. The molecule has 22 heavy (non-hydrogen) atoms. The third-order valence-electron chi connectivity index (χ3n) is 4.17. The van der Waals surface area contributed by atoms with E-state index in [2.05, 4.69) is 10.4 Å². The first-order valence-corrected chi connectivity index (χ1v) is 7.67. The summed E-state index contributed by atoms with van der Waals surface area (Å²) in [5.41, 5.74) is 1.32. The minimum atomic E-state index is -0.730. The predicted octanol–water partition coefficient (Wildman–Crippen LogP) is 2.48. The Morgan fingerprint density at radius 3 is 2.91 bits per heavy atom. The van der Waals surface area contributed by atoms with Gasteiger partial charge in [0.25, 0.3) is 5.91 Å². The van der Waals surface area contributed by atoms with Gasteiger partial charge in [0.15, 0.2) is 0 Å². The average Bonchev–Trinajstić information content (AvgIpc) is 2.84. The largest absolute Gasteiger partial charge is 0.388 e. The van der Waals surface area contributed by atoms with Crippen LogP contribution in [0.1, 0.15) is 35.3 Å². The highest BCUT2D eigenvalue weighted by molar-refractivity contribution is 6.30. The number of rotatable bonds is 4. The van der Waals surface area contributed by atoms with Crippen LogP contribution in [0.2, 0.25) is 5.02 Å². The maximum absolute atomic E-state index is 12.3. The normalized spacial score (nSPS) is 16.1. The van der Waals surface area contributed by atoms with Gasteiger partial charge in [0.05, 0.1) is 28.7 Å². The molecule has 0 spiro atoms. The molecule has 1 fully saturated rings. The van der Waals surface area contributed by atoms with Gasteiger partial charge in [-0.25, -0.2) is 4.68 Å². The number of amides is 1. The Bertz CT molecular complexity index is 707. The van der Waals surface area contributed by atoms with Crippen molar-refractivity contribution in [3.05, 3.63) is 46.7 Å². The second kappa shape index (κ2) is 5.74. The molecule has 0 radical (unpaired) electrons. The number of halogens is 1. The van der Waals surface area contributed by atoms with Gasteiger partial charge in [-0.15, -0.1) is 0 Å². The van der Waals surface area contributed by atoms with Gasteiger partial charge in [-0.3, -0.25) is 4.79 Å². The zero-order chi connectivity index (χ0) is 15.7. The summed E-state index contributed by atoms with van der Waals surface area (Å²) in [7, 11) is 0. The Morgan fingerprint density at radius 2 is 2.27 bits per heavy atom. The number of hydrogen-bond donors (Lipinski definition) is 2. The number of aliphatic hydroxyl groups is 1. The van der Waals surface area contributed by atoms with Crippen molar-refractivity contribution in [3.63, 3.8) is 0 Å². The quantitative estimate of drug-likeness (QED) is 0.909. The standard InChI is InChI=1S/C16H18ClN3O2/c1-11-14(15(21)18-10-16(22)6-3-7-16)9-19-20(11)13-5-2-4-12(17)8-13/h2,4-5,8-9,22H,3,6-7,10H2,1H3,(H,18,21). The molecule has 0 atom stereocenters. The number of nitrogens with zero attached hydrogens (tertiary/aromatic N) is 2. The highest BCUT2D eigenvalue weighted by Crippen LogP contribution is 2.30. The Morgan fingerprint density at radius 1 is 1.50 bits per heavy atom. The molecule has 2 N–H and O–H groups in total. The van der Waals surface area contributed by atoms with Crippen molar-refractivity contribution in [1.82, 2.24) is 15.1 Å². The number of carbonyl (C=O) groups excluding carboxylic acids is 1. The molecule has 0 unspecified atom stereocenters. The van der Waals surface area contributed by atoms with Gasteiger partial charge in [-0.1, -0.05) is 17.7 Å². The molecule has 1 aromatic heterocycles. The molecule has 6 heteroatoms. The first kappa shape index (κ1) is 15.1. The SMILES string of the molecule is Cc1c(C(=O)NCC2(O)CCC2)cnn1-c1cccc(Cl)c1. The topological polar surface area (TPSA) is 67.2 Å². The molecule has 1 aliphatic rings. The maximum atomic E-state index is 12.3. The van der Waals surface area contributed by atoms with Gasteiger partial charge in [0.1, 0.15) is 0 Å². The van der Waals surface area contributed by atoms with Gasteiger partial charge >= 0.3 is 0 Å². The Balaban J connectivity index is 1.76. The van der Waals surface area contributed by atoms with Gasteiger partial charge < -0.3 is 10.4 Å². The van der Waals surface area contributed by atoms with E-state index in [-0.39, 0.29) is 12.5 Å². The Labute approximate surface area is 133 Å². The lowest BCUT2D eigenvalue weighted by Gasteiger charge is -2.36. The molecule has 1 heterocycles. The Kier molecular flexibility index (Phi) is 3.93. The number of aromatic nitrogens is 2. The van der Waals surface area contributed by atoms with Crippen molar-refractivity contribution in [2.45, 2.75) is 31.8 Å². The molecule has 0 aliphatic heterocycles. The molecule has 0 bridgehead atoms. The van der Waals surface area contributed by atoms with Gasteiger partial charge in [0.2, 0.25) is 0 Å². The molecular formula is C16H18ClN3O2.